The minimum Gasteiger partial charge on any atom is -0.507 e. The number of amides is 1. The van der Waals surface area contributed by atoms with Crippen molar-refractivity contribution in [3.8, 4) is 11.4 Å². The third-order valence-electron chi connectivity index (χ3n) is 3.24. The number of tetrazole rings is 1. The number of nitrogens with zero attached hydrogens (tertiary/aromatic N) is 5. The monoisotopic (exact) mass is 510 g/mol. The summed E-state index contributed by atoms with van der Waals surface area (Å²) in [5.74, 6) is -0.199. The molecule has 0 unspecified atom stereocenters. The number of hydrogen-bond acceptors (Lipinski definition) is 7. The molecule has 1 heterocycles. The molecule has 11 heteroatoms. The highest BCUT2D eigenvalue weighted by atomic mass is 79.9. The van der Waals surface area contributed by atoms with Gasteiger partial charge in [0.25, 0.3) is 5.91 Å². The van der Waals surface area contributed by atoms with E-state index in [1.807, 2.05) is 30.3 Å². The van der Waals surface area contributed by atoms with Crippen LogP contribution in [-0.2, 0) is 4.79 Å². The van der Waals surface area contributed by atoms with E-state index >= 15 is 0 Å². The van der Waals surface area contributed by atoms with Crippen molar-refractivity contribution >= 4 is 55.7 Å². The quantitative estimate of drug-likeness (QED) is 0.299. The molecule has 8 nitrogen and oxygen atoms in total. The van der Waals surface area contributed by atoms with E-state index < -0.39 is 0 Å². The molecule has 0 atom stereocenters. The largest absolute Gasteiger partial charge is 0.507 e. The Kier molecular flexibility index (Phi) is 6.58. The number of aromatic nitrogens is 4. The van der Waals surface area contributed by atoms with Crippen molar-refractivity contribution in [2.45, 2.75) is 5.16 Å². The van der Waals surface area contributed by atoms with Crippen LogP contribution < -0.4 is 5.43 Å². The van der Waals surface area contributed by atoms with Crippen LogP contribution in [-0.4, -0.2) is 43.2 Å². The van der Waals surface area contributed by atoms with Crippen LogP contribution >= 0.6 is 43.6 Å². The van der Waals surface area contributed by atoms with E-state index in [9.17, 15) is 9.90 Å². The molecular formula is C16H12Br2N6O2S. The molecule has 0 aliphatic rings. The van der Waals surface area contributed by atoms with Crippen LogP contribution in [0.25, 0.3) is 5.69 Å². The minimum atomic E-state index is -0.325. The summed E-state index contributed by atoms with van der Waals surface area (Å²) in [6, 6.07) is 12.6. The van der Waals surface area contributed by atoms with E-state index in [2.05, 4.69) is 57.9 Å². The van der Waals surface area contributed by atoms with Gasteiger partial charge in [-0.1, -0.05) is 30.0 Å². The fraction of sp³-hybridized carbons (Fsp3) is 0.0625. The number of nitrogens with one attached hydrogen (secondary N) is 1. The molecule has 0 aliphatic carbocycles. The molecule has 2 aromatic carbocycles. The first kappa shape index (κ1) is 19.5. The molecule has 0 bridgehead atoms. The van der Waals surface area contributed by atoms with Crippen LogP contribution in [0.15, 0.2) is 61.7 Å². The predicted octanol–water partition coefficient (Wildman–Crippen LogP) is 3.14. The van der Waals surface area contributed by atoms with Crippen LogP contribution in [0.2, 0.25) is 0 Å². The van der Waals surface area contributed by atoms with E-state index in [0.29, 0.717) is 15.2 Å². The van der Waals surface area contributed by atoms with Gasteiger partial charge < -0.3 is 5.11 Å². The Morgan fingerprint density at radius 2 is 2.00 bits per heavy atom. The summed E-state index contributed by atoms with van der Waals surface area (Å²) in [4.78, 5) is 12.0. The van der Waals surface area contributed by atoms with Gasteiger partial charge in [-0.15, -0.1) is 5.10 Å². The zero-order chi connectivity index (χ0) is 19.2. The summed E-state index contributed by atoms with van der Waals surface area (Å²) < 4.78 is 3.03. The number of rotatable bonds is 6. The van der Waals surface area contributed by atoms with Crippen molar-refractivity contribution in [3.63, 3.8) is 0 Å². The molecule has 0 saturated carbocycles. The third kappa shape index (κ3) is 5.15. The highest BCUT2D eigenvalue weighted by molar-refractivity contribution is 9.13. The zero-order valence-corrected chi connectivity index (χ0v) is 17.6. The van der Waals surface area contributed by atoms with Crippen molar-refractivity contribution in [3.05, 3.63) is 57.0 Å². The van der Waals surface area contributed by atoms with Crippen molar-refractivity contribution in [2.24, 2.45) is 5.10 Å². The number of thioether (sulfide) groups is 1. The molecular weight excluding hydrogens is 500 g/mol. The average molecular weight is 512 g/mol. The van der Waals surface area contributed by atoms with Gasteiger partial charge in [-0.05, 0) is 66.6 Å². The molecule has 0 radical (unpaired) electrons. The highest BCUT2D eigenvalue weighted by Gasteiger charge is 2.11. The maximum absolute atomic E-state index is 12.0. The standard InChI is InChI=1S/C16H12Br2N6O2S/c17-12-6-10(14(25)7-13(12)18)8-19-20-15(26)9-27-16-21-22-23-24(16)11-4-2-1-3-5-11/h1-8,25H,9H2,(H,20,26)/b19-8-. The van der Waals surface area contributed by atoms with Gasteiger partial charge in [0.15, 0.2) is 0 Å². The topological polar surface area (TPSA) is 105 Å². The van der Waals surface area contributed by atoms with E-state index in [4.69, 9.17) is 0 Å². The van der Waals surface area contributed by atoms with Gasteiger partial charge in [-0.3, -0.25) is 4.79 Å². The minimum absolute atomic E-state index is 0.0412. The Labute approximate surface area is 175 Å². The van der Waals surface area contributed by atoms with Crippen LogP contribution in [0.1, 0.15) is 5.56 Å². The van der Waals surface area contributed by atoms with E-state index in [-0.39, 0.29) is 17.4 Å². The highest BCUT2D eigenvalue weighted by Crippen LogP contribution is 2.29. The van der Waals surface area contributed by atoms with E-state index in [0.717, 1.165) is 10.2 Å². The van der Waals surface area contributed by atoms with Gasteiger partial charge in [0.05, 0.1) is 17.7 Å². The zero-order valence-electron chi connectivity index (χ0n) is 13.6. The summed E-state index contributed by atoms with van der Waals surface area (Å²) in [6.07, 6.45) is 1.36. The fourth-order valence-electron chi connectivity index (χ4n) is 1.99. The number of carbonyl (C=O) groups is 1. The Bertz CT molecular complexity index is 980. The summed E-state index contributed by atoms with van der Waals surface area (Å²) in [6.45, 7) is 0. The Hall–Kier alpha value is -2.24. The molecule has 0 fully saturated rings. The lowest BCUT2D eigenvalue weighted by Crippen LogP contribution is -2.20. The maximum Gasteiger partial charge on any atom is 0.250 e. The van der Waals surface area contributed by atoms with Gasteiger partial charge in [-0.2, -0.15) is 9.78 Å². The first-order valence-electron chi connectivity index (χ1n) is 7.51. The molecule has 0 spiro atoms. The van der Waals surface area contributed by atoms with Gasteiger partial charge in [0, 0.05) is 14.5 Å². The van der Waals surface area contributed by atoms with Crippen LogP contribution in [0.3, 0.4) is 0 Å². The van der Waals surface area contributed by atoms with Crippen LogP contribution in [0, 0.1) is 0 Å². The Morgan fingerprint density at radius 1 is 1.26 bits per heavy atom. The lowest BCUT2D eigenvalue weighted by Gasteiger charge is -2.04. The molecule has 3 aromatic rings. The third-order valence-corrected chi connectivity index (χ3v) is 6.00. The van der Waals surface area contributed by atoms with Crippen molar-refractivity contribution in [1.29, 1.82) is 0 Å². The van der Waals surface area contributed by atoms with Crippen molar-refractivity contribution in [2.75, 3.05) is 5.75 Å². The van der Waals surface area contributed by atoms with Gasteiger partial charge in [0.1, 0.15) is 5.75 Å². The molecule has 2 N–H and O–H groups in total. The lowest BCUT2D eigenvalue weighted by atomic mass is 10.2. The molecule has 0 aliphatic heterocycles. The summed E-state index contributed by atoms with van der Waals surface area (Å²) in [5.41, 5.74) is 3.68. The Balaban J connectivity index is 1.57. The normalized spacial score (nSPS) is 11.0. The number of aromatic hydroxyl groups is 1. The number of para-hydroxylation sites is 1. The van der Waals surface area contributed by atoms with E-state index in [1.54, 1.807) is 10.7 Å². The second-order valence-electron chi connectivity index (χ2n) is 5.12. The molecule has 1 amide bonds. The second-order valence-corrected chi connectivity index (χ2v) is 7.77. The van der Waals surface area contributed by atoms with Crippen molar-refractivity contribution in [1.82, 2.24) is 25.6 Å². The van der Waals surface area contributed by atoms with Gasteiger partial charge in [0.2, 0.25) is 5.16 Å². The number of carbonyl (C=O) groups excluding carboxylic acids is 1. The Morgan fingerprint density at radius 3 is 2.78 bits per heavy atom. The number of phenols is 1. The SMILES string of the molecule is O=C(CSc1nnnn1-c1ccccc1)N/N=C\c1cc(Br)c(Br)cc1O. The number of hydrogen-bond donors (Lipinski definition) is 2. The number of hydrazone groups is 1. The smallest absolute Gasteiger partial charge is 0.250 e. The summed E-state index contributed by atoms with van der Waals surface area (Å²) in [5, 5.41) is 25.7. The summed E-state index contributed by atoms with van der Waals surface area (Å²) in [7, 11) is 0. The molecule has 138 valence electrons. The first-order valence-corrected chi connectivity index (χ1v) is 10.1. The number of phenolic OH excluding ortho intramolecular Hbond substituents is 1. The second kappa shape index (κ2) is 9.11. The number of benzene rings is 2. The average Bonchev–Trinajstić information content (AvgIpc) is 3.13. The molecule has 27 heavy (non-hydrogen) atoms. The fourth-order valence-corrected chi connectivity index (χ4v) is 3.37. The number of halogens is 2. The predicted molar refractivity (Wildman–Crippen MR) is 109 cm³/mol. The van der Waals surface area contributed by atoms with E-state index in [1.165, 1.54) is 24.0 Å². The maximum atomic E-state index is 12.0. The van der Waals surface area contributed by atoms with Crippen molar-refractivity contribution < 1.29 is 9.90 Å². The van der Waals surface area contributed by atoms with Gasteiger partial charge >= 0.3 is 0 Å². The van der Waals surface area contributed by atoms with Gasteiger partial charge in [-0.25, -0.2) is 5.43 Å². The summed E-state index contributed by atoms with van der Waals surface area (Å²) >= 11 is 7.82. The molecule has 0 saturated heterocycles. The molecule has 3 rings (SSSR count). The lowest BCUT2D eigenvalue weighted by molar-refractivity contribution is -0.118. The van der Waals surface area contributed by atoms with Crippen LogP contribution in [0.5, 0.6) is 5.75 Å². The first-order chi connectivity index (χ1) is 13.0. The molecule has 1 aromatic heterocycles. The van der Waals surface area contributed by atoms with Crippen LogP contribution in [0.4, 0.5) is 0 Å².